The normalized spacial score (nSPS) is 21.1. The summed E-state index contributed by atoms with van der Waals surface area (Å²) in [6, 6.07) is 14.1. The zero-order valence-electron chi connectivity index (χ0n) is 11.0. The molecule has 0 saturated carbocycles. The lowest BCUT2D eigenvalue weighted by molar-refractivity contribution is -0.132. The average Bonchev–Trinajstić information content (AvgIpc) is 2.69. The van der Waals surface area contributed by atoms with Gasteiger partial charge in [-0.15, -0.1) is 0 Å². The summed E-state index contributed by atoms with van der Waals surface area (Å²) in [6.07, 6.45) is 0. The molecule has 2 aromatic carbocycles. The predicted octanol–water partition coefficient (Wildman–Crippen LogP) is 2.94. The molecule has 0 saturated heterocycles. The Kier molecular flexibility index (Phi) is 3.04. The highest BCUT2D eigenvalue weighted by Gasteiger charge is 2.50. The lowest BCUT2D eigenvalue weighted by atomic mass is 9.87. The molecule has 0 aliphatic carbocycles. The Morgan fingerprint density at radius 1 is 1.20 bits per heavy atom. The molecule has 4 heteroatoms. The molecule has 0 fully saturated rings. The second-order valence-electron chi connectivity index (χ2n) is 4.79. The van der Waals surface area contributed by atoms with Gasteiger partial charge in [0.15, 0.2) is 5.60 Å². The maximum Gasteiger partial charge on any atom is 0.268 e. The highest BCUT2D eigenvalue weighted by atomic mass is 35.5. The van der Waals surface area contributed by atoms with Crippen LogP contribution in [0.15, 0.2) is 48.5 Å². The highest BCUT2D eigenvalue weighted by molar-refractivity contribution is 6.31. The van der Waals surface area contributed by atoms with Crippen molar-refractivity contribution < 1.29 is 9.90 Å². The van der Waals surface area contributed by atoms with Gasteiger partial charge in [0.25, 0.3) is 5.91 Å². The number of nitrogens with zero attached hydrogens (tertiary/aromatic N) is 1. The molecule has 1 heterocycles. The SMILES string of the molecule is CCN1C(=O)C(O)(c2ccccc2)c2cc(Cl)ccc21. The van der Waals surface area contributed by atoms with Gasteiger partial charge in [-0.05, 0) is 30.7 Å². The van der Waals surface area contributed by atoms with Crippen molar-refractivity contribution in [3.63, 3.8) is 0 Å². The van der Waals surface area contributed by atoms with E-state index >= 15 is 0 Å². The monoisotopic (exact) mass is 287 g/mol. The lowest BCUT2D eigenvalue weighted by Gasteiger charge is -2.23. The Bertz CT molecular complexity index is 671. The van der Waals surface area contributed by atoms with Crippen LogP contribution < -0.4 is 4.90 Å². The van der Waals surface area contributed by atoms with E-state index in [9.17, 15) is 9.90 Å². The molecule has 102 valence electrons. The summed E-state index contributed by atoms with van der Waals surface area (Å²) in [6.45, 7) is 2.38. The number of amides is 1. The molecule has 0 radical (unpaired) electrons. The Morgan fingerprint density at radius 2 is 1.90 bits per heavy atom. The van der Waals surface area contributed by atoms with Crippen LogP contribution in [0.1, 0.15) is 18.1 Å². The molecule has 1 aliphatic heterocycles. The van der Waals surface area contributed by atoms with Crippen molar-refractivity contribution >= 4 is 23.2 Å². The lowest BCUT2D eigenvalue weighted by Crippen LogP contribution is -2.41. The number of rotatable bonds is 2. The Labute approximate surface area is 122 Å². The Morgan fingerprint density at radius 3 is 2.55 bits per heavy atom. The molecule has 1 N–H and O–H groups in total. The van der Waals surface area contributed by atoms with E-state index in [2.05, 4.69) is 0 Å². The van der Waals surface area contributed by atoms with Crippen molar-refractivity contribution in [2.45, 2.75) is 12.5 Å². The number of hydrogen-bond donors (Lipinski definition) is 1. The first-order valence-electron chi connectivity index (χ1n) is 6.49. The van der Waals surface area contributed by atoms with E-state index in [1.807, 2.05) is 13.0 Å². The first-order valence-corrected chi connectivity index (χ1v) is 6.86. The van der Waals surface area contributed by atoms with Crippen LogP contribution in [0.2, 0.25) is 5.02 Å². The fourth-order valence-corrected chi connectivity index (χ4v) is 2.90. The number of aliphatic hydroxyl groups is 1. The predicted molar refractivity (Wildman–Crippen MR) is 78.9 cm³/mol. The van der Waals surface area contributed by atoms with Crippen LogP contribution >= 0.6 is 11.6 Å². The number of carbonyl (C=O) groups is 1. The third kappa shape index (κ3) is 1.67. The van der Waals surface area contributed by atoms with Crippen LogP contribution in [0.4, 0.5) is 5.69 Å². The third-order valence-electron chi connectivity index (χ3n) is 3.70. The highest BCUT2D eigenvalue weighted by Crippen LogP contribution is 2.45. The fourth-order valence-electron chi connectivity index (χ4n) is 2.73. The number of likely N-dealkylation sites (N-methyl/N-ethyl adjacent to an activating group) is 1. The number of fused-ring (bicyclic) bond motifs is 1. The van der Waals surface area contributed by atoms with Crippen molar-refractivity contribution in [1.29, 1.82) is 0 Å². The molecule has 3 rings (SSSR count). The molecule has 0 bridgehead atoms. The summed E-state index contributed by atoms with van der Waals surface area (Å²) < 4.78 is 0. The summed E-state index contributed by atoms with van der Waals surface area (Å²) in [4.78, 5) is 14.2. The van der Waals surface area contributed by atoms with Crippen molar-refractivity contribution in [3.8, 4) is 0 Å². The number of carbonyl (C=O) groups excluding carboxylic acids is 1. The molecule has 1 atom stereocenters. The van der Waals surface area contributed by atoms with Gasteiger partial charge in [-0.1, -0.05) is 41.9 Å². The maximum absolute atomic E-state index is 12.7. The van der Waals surface area contributed by atoms with Gasteiger partial charge in [0, 0.05) is 17.1 Å². The van der Waals surface area contributed by atoms with Crippen LogP contribution in [-0.2, 0) is 10.4 Å². The van der Waals surface area contributed by atoms with Crippen molar-refractivity contribution in [2.24, 2.45) is 0 Å². The van der Waals surface area contributed by atoms with Crippen LogP contribution in [0.25, 0.3) is 0 Å². The van der Waals surface area contributed by atoms with Gasteiger partial charge in [0.1, 0.15) is 0 Å². The Hall–Kier alpha value is -1.84. The first-order chi connectivity index (χ1) is 9.59. The molecule has 0 aromatic heterocycles. The van der Waals surface area contributed by atoms with E-state index in [1.54, 1.807) is 47.4 Å². The Balaban J connectivity index is 2.27. The third-order valence-corrected chi connectivity index (χ3v) is 3.94. The van der Waals surface area contributed by atoms with E-state index in [-0.39, 0.29) is 5.91 Å². The summed E-state index contributed by atoms with van der Waals surface area (Å²) in [5.74, 6) is -0.330. The molecule has 20 heavy (non-hydrogen) atoms. The second kappa shape index (κ2) is 4.62. The number of halogens is 1. The number of anilines is 1. The van der Waals surface area contributed by atoms with E-state index < -0.39 is 5.60 Å². The number of hydrogen-bond acceptors (Lipinski definition) is 2. The van der Waals surface area contributed by atoms with Gasteiger partial charge in [-0.3, -0.25) is 4.79 Å². The molecule has 1 unspecified atom stereocenters. The summed E-state index contributed by atoms with van der Waals surface area (Å²) in [7, 11) is 0. The van der Waals surface area contributed by atoms with E-state index in [4.69, 9.17) is 11.6 Å². The second-order valence-corrected chi connectivity index (χ2v) is 5.22. The average molecular weight is 288 g/mol. The summed E-state index contributed by atoms with van der Waals surface area (Å²) in [5.41, 5.74) is 0.165. The molecular weight excluding hydrogens is 274 g/mol. The van der Waals surface area contributed by atoms with Crippen molar-refractivity contribution in [1.82, 2.24) is 0 Å². The van der Waals surface area contributed by atoms with Gasteiger partial charge in [-0.2, -0.15) is 0 Å². The smallest absolute Gasteiger partial charge is 0.268 e. The van der Waals surface area contributed by atoms with Gasteiger partial charge in [0.2, 0.25) is 0 Å². The van der Waals surface area contributed by atoms with E-state index in [0.29, 0.717) is 28.4 Å². The molecule has 2 aromatic rings. The van der Waals surface area contributed by atoms with Crippen LogP contribution in [-0.4, -0.2) is 17.6 Å². The standard InChI is InChI=1S/C16H14ClNO2/c1-2-18-14-9-8-12(17)10-13(14)16(20,15(18)19)11-6-4-3-5-7-11/h3-10,20H,2H2,1H3. The van der Waals surface area contributed by atoms with Crippen molar-refractivity contribution in [3.05, 3.63) is 64.7 Å². The maximum atomic E-state index is 12.7. The molecule has 3 nitrogen and oxygen atoms in total. The van der Waals surface area contributed by atoms with E-state index in [0.717, 1.165) is 0 Å². The molecule has 1 amide bonds. The summed E-state index contributed by atoms with van der Waals surface area (Å²) in [5, 5.41) is 11.6. The molecule has 0 spiro atoms. The quantitative estimate of drug-likeness (QED) is 0.922. The van der Waals surface area contributed by atoms with Crippen LogP contribution in [0.3, 0.4) is 0 Å². The first kappa shape index (κ1) is 13.2. The topological polar surface area (TPSA) is 40.5 Å². The molecular formula is C16H14ClNO2. The van der Waals surface area contributed by atoms with Gasteiger partial charge >= 0.3 is 0 Å². The minimum absolute atomic E-state index is 0.330. The van der Waals surface area contributed by atoms with Crippen LogP contribution in [0, 0.1) is 0 Å². The number of benzene rings is 2. The van der Waals surface area contributed by atoms with Gasteiger partial charge in [0.05, 0.1) is 5.69 Å². The van der Waals surface area contributed by atoms with Gasteiger partial charge in [-0.25, -0.2) is 0 Å². The minimum atomic E-state index is -1.66. The van der Waals surface area contributed by atoms with Gasteiger partial charge < -0.3 is 10.0 Å². The zero-order valence-corrected chi connectivity index (χ0v) is 11.8. The largest absolute Gasteiger partial charge is 0.372 e. The molecule has 1 aliphatic rings. The fraction of sp³-hybridized carbons (Fsp3) is 0.188. The summed E-state index contributed by atoms with van der Waals surface area (Å²) >= 11 is 6.04. The van der Waals surface area contributed by atoms with Crippen molar-refractivity contribution in [2.75, 3.05) is 11.4 Å². The minimum Gasteiger partial charge on any atom is -0.372 e. The van der Waals surface area contributed by atoms with E-state index in [1.165, 1.54) is 0 Å². The van der Waals surface area contributed by atoms with Crippen LogP contribution in [0.5, 0.6) is 0 Å². The zero-order chi connectivity index (χ0) is 14.3.